The molecule has 50 heavy (non-hydrogen) atoms. The van der Waals surface area contributed by atoms with Crippen molar-refractivity contribution in [2.24, 2.45) is 0 Å². The summed E-state index contributed by atoms with van der Waals surface area (Å²) in [4.78, 5) is 23.0. The van der Waals surface area contributed by atoms with Crippen molar-refractivity contribution in [2.75, 3.05) is 56.8 Å². The number of benzene rings is 3. The number of ether oxygens (including phenoxy) is 3. The Morgan fingerprint density at radius 3 is 2.42 bits per heavy atom. The molecule has 2 saturated heterocycles. The SMILES string of the molecule is C1CCOC1.CCOc1ccccc1-c1ccc2c(c1)C=C(C(=O)Nc1ccc(CN(C)C3CCOCC3)cc1)CCN2Cc1ccccn1. The molecule has 3 aliphatic heterocycles. The summed E-state index contributed by atoms with van der Waals surface area (Å²) in [5.74, 6) is 0.774. The molecule has 3 aromatic carbocycles. The van der Waals surface area contributed by atoms with Gasteiger partial charge in [-0.15, -0.1) is 0 Å². The van der Waals surface area contributed by atoms with Crippen LogP contribution in [0.25, 0.3) is 17.2 Å². The van der Waals surface area contributed by atoms with Crippen molar-refractivity contribution in [3.8, 4) is 16.9 Å². The lowest BCUT2D eigenvalue weighted by Crippen LogP contribution is -2.36. The van der Waals surface area contributed by atoms with E-state index >= 15 is 0 Å². The number of nitrogens with one attached hydrogen (secondary N) is 1. The fourth-order valence-corrected chi connectivity index (χ4v) is 6.74. The normalized spacial score (nSPS) is 16.1. The van der Waals surface area contributed by atoms with Gasteiger partial charge in [0, 0.05) is 74.3 Å². The minimum absolute atomic E-state index is 0.0761. The number of hydrogen-bond acceptors (Lipinski definition) is 7. The highest BCUT2D eigenvalue weighted by atomic mass is 16.5. The molecule has 4 aromatic rings. The van der Waals surface area contributed by atoms with Gasteiger partial charge in [0.05, 0.1) is 18.8 Å². The molecule has 3 aliphatic rings. The maximum absolute atomic E-state index is 13.7. The predicted molar refractivity (Wildman–Crippen MR) is 201 cm³/mol. The van der Waals surface area contributed by atoms with Gasteiger partial charge in [-0.05, 0) is 111 Å². The third-order valence-electron chi connectivity index (χ3n) is 9.50. The molecule has 0 radical (unpaired) electrons. The summed E-state index contributed by atoms with van der Waals surface area (Å²) < 4.78 is 16.4. The van der Waals surface area contributed by atoms with Gasteiger partial charge in [-0.1, -0.05) is 42.5 Å². The molecule has 262 valence electrons. The largest absolute Gasteiger partial charge is 0.493 e. The van der Waals surface area contributed by atoms with Crippen LogP contribution in [0.2, 0.25) is 0 Å². The number of rotatable bonds is 10. The fraction of sp³-hybridized carbons (Fsp3) is 0.381. The molecule has 1 amide bonds. The lowest BCUT2D eigenvalue weighted by molar-refractivity contribution is -0.112. The van der Waals surface area contributed by atoms with E-state index in [1.165, 1.54) is 18.4 Å². The number of anilines is 2. The first-order valence-corrected chi connectivity index (χ1v) is 18.0. The van der Waals surface area contributed by atoms with Crippen LogP contribution in [0.15, 0.2) is 96.7 Å². The number of para-hydroxylation sites is 1. The van der Waals surface area contributed by atoms with Gasteiger partial charge in [0.25, 0.3) is 5.91 Å². The number of nitrogens with zero attached hydrogens (tertiary/aromatic N) is 3. The molecular formula is C42H50N4O4. The second-order valence-corrected chi connectivity index (χ2v) is 13.1. The average molecular weight is 675 g/mol. The van der Waals surface area contributed by atoms with Gasteiger partial charge in [0.2, 0.25) is 0 Å². The van der Waals surface area contributed by atoms with Crippen LogP contribution in [-0.4, -0.2) is 68.5 Å². The predicted octanol–water partition coefficient (Wildman–Crippen LogP) is 7.99. The van der Waals surface area contributed by atoms with E-state index in [0.717, 1.165) is 90.9 Å². The highest BCUT2D eigenvalue weighted by molar-refractivity contribution is 6.07. The Labute approximate surface area is 297 Å². The molecule has 8 nitrogen and oxygen atoms in total. The summed E-state index contributed by atoms with van der Waals surface area (Å²) in [7, 11) is 2.18. The number of carbonyl (C=O) groups excluding carboxylic acids is 1. The van der Waals surface area contributed by atoms with Crippen LogP contribution in [0, 0.1) is 0 Å². The van der Waals surface area contributed by atoms with E-state index in [2.05, 4.69) is 63.5 Å². The summed E-state index contributed by atoms with van der Waals surface area (Å²) in [5.41, 5.74) is 7.94. The summed E-state index contributed by atoms with van der Waals surface area (Å²) in [6.07, 6.45) is 9.19. The first kappa shape index (κ1) is 35.3. The van der Waals surface area contributed by atoms with Crippen LogP contribution in [0.4, 0.5) is 11.4 Å². The molecule has 0 saturated carbocycles. The quantitative estimate of drug-likeness (QED) is 0.183. The van der Waals surface area contributed by atoms with Crippen LogP contribution >= 0.6 is 0 Å². The summed E-state index contributed by atoms with van der Waals surface area (Å²) >= 11 is 0. The zero-order valence-electron chi connectivity index (χ0n) is 29.5. The molecule has 0 aliphatic carbocycles. The zero-order chi connectivity index (χ0) is 34.5. The van der Waals surface area contributed by atoms with E-state index in [0.29, 0.717) is 32.2 Å². The number of hydrogen-bond donors (Lipinski definition) is 1. The first-order valence-electron chi connectivity index (χ1n) is 18.0. The molecular weight excluding hydrogens is 624 g/mol. The standard InChI is InChI=1S/C38H42N4O3.C4H8O/c1-3-45-37-10-5-4-9-35(37)29-13-16-36-31(24-29)25-30(17-21-42(36)27-33-8-6-7-20-39-33)38(43)40-32-14-11-28(12-15-32)26-41(2)34-18-22-44-23-19-34;1-2-4-5-3-1/h4-16,20,24-25,34H,3,17-19,21-23,26-27H2,1-2H3,(H,40,43);1-4H2. The first-order chi connectivity index (χ1) is 24.6. The molecule has 1 N–H and O–H groups in total. The Hall–Kier alpha value is -4.50. The molecule has 0 unspecified atom stereocenters. The number of fused-ring (bicyclic) bond motifs is 1. The highest BCUT2D eigenvalue weighted by Crippen LogP contribution is 2.36. The Bertz CT molecular complexity index is 1690. The molecule has 7 rings (SSSR count). The number of aromatic nitrogens is 1. The van der Waals surface area contributed by atoms with Gasteiger partial charge in [0.1, 0.15) is 5.75 Å². The molecule has 1 aromatic heterocycles. The Kier molecular flexibility index (Phi) is 12.7. The van der Waals surface area contributed by atoms with Crippen LogP contribution < -0.4 is 15.0 Å². The minimum Gasteiger partial charge on any atom is -0.493 e. The summed E-state index contributed by atoms with van der Waals surface area (Å²) in [6, 6.07) is 29.3. The Morgan fingerprint density at radius 1 is 0.940 bits per heavy atom. The fourth-order valence-electron chi connectivity index (χ4n) is 6.74. The third kappa shape index (κ3) is 9.59. The number of carbonyl (C=O) groups is 1. The van der Waals surface area contributed by atoms with Crippen LogP contribution in [0.3, 0.4) is 0 Å². The van der Waals surface area contributed by atoms with E-state index in [-0.39, 0.29) is 5.91 Å². The molecule has 0 atom stereocenters. The van der Waals surface area contributed by atoms with Crippen molar-refractivity contribution in [1.29, 1.82) is 0 Å². The van der Waals surface area contributed by atoms with E-state index in [9.17, 15) is 4.79 Å². The van der Waals surface area contributed by atoms with Gasteiger partial charge in [0.15, 0.2) is 0 Å². The second-order valence-electron chi connectivity index (χ2n) is 13.1. The van der Waals surface area contributed by atoms with Crippen molar-refractivity contribution < 1.29 is 19.0 Å². The van der Waals surface area contributed by atoms with Gasteiger partial charge < -0.3 is 24.4 Å². The van der Waals surface area contributed by atoms with E-state index in [1.54, 1.807) is 0 Å². The second kappa shape index (κ2) is 17.9. The van der Waals surface area contributed by atoms with Crippen molar-refractivity contribution in [2.45, 2.75) is 58.2 Å². The molecule has 0 bridgehead atoms. The molecule has 4 heterocycles. The third-order valence-corrected chi connectivity index (χ3v) is 9.50. The molecule has 0 spiro atoms. The maximum atomic E-state index is 13.7. The van der Waals surface area contributed by atoms with Gasteiger partial charge in [-0.25, -0.2) is 0 Å². The van der Waals surface area contributed by atoms with E-state index < -0.39 is 0 Å². The minimum atomic E-state index is -0.0761. The Balaban J connectivity index is 0.000000794. The summed E-state index contributed by atoms with van der Waals surface area (Å²) in [6.45, 7) is 8.51. The van der Waals surface area contributed by atoms with Crippen molar-refractivity contribution in [1.82, 2.24) is 9.88 Å². The van der Waals surface area contributed by atoms with Crippen LogP contribution in [0.1, 0.15) is 55.8 Å². The smallest absolute Gasteiger partial charge is 0.251 e. The van der Waals surface area contributed by atoms with E-state index in [4.69, 9.17) is 14.2 Å². The van der Waals surface area contributed by atoms with Gasteiger partial charge in [-0.2, -0.15) is 0 Å². The lowest BCUT2D eigenvalue weighted by Gasteiger charge is -2.31. The van der Waals surface area contributed by atoms with Gasteiger partial charge >= 0.3 is 0 Å². The van der Waals surface area contributed by atoms with Crippen molar-refractivity contribution in [3.63, 3.8) is 0 Å². The zero-order valence-corrected chi connectivity index (χ0v) is 29.5. The number of pyridine rings is 1. The highest BCUT2D eigenvalue weighted by Gasteiger charge is 2.22. The Morgan fingerprint density at radius 2 is 1.70 bits per heavy atom. The molecule has 8 heteroatoms. The van der Waals surface area contributed by atoms with E-state index in [1.807, 2.05) is 67.7 Å². The maximum Gasteiger partial charge on any atom is 0.251 e. The summed E-state index contributed by atoms with van der Waals surface area (Å²) in [5, 5.41) is 3.16. The topological polar surface area (TPSA) is 76.2 Å². The van der Waals surface area contributed by atoms with Crippen LogP contribution in [-0.2, 0) is 27.4 Å². The average Bonchev–Trinajstić information content (AvgIpc) is 3.70. The van der Waals surface area contributed by atoms with Gasteiger partial charge in [-0.3, -0.25) is 14.7 Å². The lowest BCUT2D eigenvalue weighted by atomic mass is 9.99. The number of amides is 1. The van der Waals surface area contributed by atoms with Crippen molar-refractivity contribution >= 4 is 23.4 Å². The van der Waals surface area contributed by atoms with Crippen LogP contribution in [0.5, 0.6) is 5.75 Å². The monoisotopic (exact) mass is 674 g/mol. The van der Waals surface area contributed by atoms with Crippen molar-refractivity contribution in [3.05, 3.63) is 114 Å². The molecule has 2 fully saturated rings.